The largest absolute Gasteiger partial charge is 0.483 e. The van der Waals surface area contributed by atoms with Gasteiger partial charge in [0.15, 0.2) is 0 Å². The number of urea groups is 1. The molecule has 3 aromatic rings. The highest BCUT2D eigenvalue weighted by Crippen LogP contribution is 2.41. The summed E-state index contributed by atoms with van der Waals surface area (Å²) in [5, 5.41) is 9.43. The molecule has 1 aromatic heterocycles. The van der Waals surface area contributed by atoms with Crippen molar-refractivity contribution in [2.24, 2.45) is 0 Å². The van der Waals surface area contributed by atoms with Crippen molar-refractivity contribution in [1.82, 2.24) is 14.5 Å². The standard InChI is InChI=1S/C27H28F3N5O2.CH2O2/c1-19-15-33(18-31-19)22-8-10-23(11-9-22)34-17-26(12-3-2-4-13-26)35(25(34)37)16-24(36)32-21-7-5-6-20(14-21)27(28,29)30;2-1-3/h5-11,14-15,18H,2-4,12-13,16-17H2,1H3,(H,32,36);1H,(H,2,3). The zero-order valence-corrected chi connectivity index (χ0v) is 21.9. The molecule has 0 bridgehead atoms. The Kier molecular flexibility index (Phi) is 8.46. The number of nitrogens with zero attached hydrogens (tertiary/aromatic N) is 4. The molecule has 1 saturated heterocycles. The van der Waals surface area contributed by atoms with Crippen LogP contribution in [0.15, 0.2) is 61.1 Å². The zero-order valence-electron chi connectivity index (χ0n) is 21.9. The lowest BCUT2D eigenvalue weighted by molar-refractivity contribution is -0.137. The molecule has 2 heterocycles. The molecule has 0 unspecified atom stereocenters. The second-order valence-electron chi connectivity index (χ2n) is 9.91. The van der Waals surface area contributed by atoms with Gasteiger partial charge in [0.2, 0.25) is 5.91 Å². The van der Waals surface area contributed by atoms with Gasteiger partial charge < -0.3 is 19.9 Å². The summed E-state index contributed by atoms with van der Waals surface area (Å²) in [5.41, 5.74) is 1.27. The number of rotatable bonds is 5. The molecule has 1 spiro atoms. The molecule has 2 aliphatic rings. The zero-order chi connectivity index (χ0) is 28.9. The van der Waals surface area contributed by atoms with Crippen molar-refractivity contribution in [3.05, 3.63) is 72.3 Å². The van der Waals surface area contributed by atoms with E-state index in [0.717, 1.165) is 61.3 Å². The number of hydrogen-bond donors (Lipinski definition) is 2. The minimum absolute atomic E-state index is 0.0475. The summed E-state index contributed by atoms with van der Waals surface area (Å²) in [4.78, 5) is 42.5. The van der Waals surface area contributed by atoms with Crippen LogP contribution in [0.4, 0.5) is 29.3 Å². The molecule has 1 aliphatic carbocycles. The Hall–Kier alpha value is -4.35. The third-order valence-corrected chi connectivity index (χ3v) is 7.22. The van der Waals surface area contributed by atoms with Crippen molar-refractivity contribution < 1.29 is 32.7 Å². The van der Waals surface area contributed by atoms with Crippen molar-refractivity contribution in [3.8, 4) is 5.69 Å². The number of benzene rings is 2. The molecular formula is C28H30F3N5O4. The van der Waals surface area contributed by atoms with Crippen LogP contribution in [0.5, 0.6) is 0 Å². The number of aromatic nitrogens is 2. The summed E-state index contributed by atoms with van der Waals surface area (Å²) in [5.74, 6) is -0.523. The molecule has 2 aromatic carbocycles. The highest BCUT2D eigenvalue weighted by Gasteiger charge is 2.50. The number of halogens is 3. The molecule has 40 heavy (non-hydrogen) atoms. The van der Waals surface area contributed by atoms with E-state index in [1.54, 1.807) is 16.1 Å². The fourth-order valence-electron chi connectivity index (χ4n) is 5.36. The smallest absolute Gasteiger partial charge is 0.416 e. The maximum Gasteiger partial charge on any atom is 0.416 e. The minimum Gasteiger partial charge on any atom is -0.483 e. The summed E-state index contributed by atoms with van der Waals surface area (Å²) in [6, 6.07) is 11.8. The van der Waals surface area contributed by atoms with Crippen LogP contribution in [0.1, 0.15) is 43.4 Å². The average Bonchev–Trinajstić information content (AvgIpc) is 3.47. The van der Waals surface area contributed by atoms with Crippen molar-refractivity contribution in [3.63, 3.8) is 0 Å². The van der Waals surface area contributed by atoms with Gasteiger partial charge in [-0.15, -0.1) is 0 Å². The highest BCUT2D eigenvalue weighted by atomic mass is 19.4. The Morgan fingerprint density at radius 1 is 1.10 bits per heavy atom. The molecule has 0 atom stereocenters. The molecule has 2 fully saturated rings. The Morgan fingerprint density at radius 3 is 2.35 bits per heavy atom. The van der Waals surface area contributed by atoms with Crippen LogP contribution in [-0.4, -0.2) is 56.6 Å². The maximum atomic E-state index is 13.6. The van der Waals surface area contributed by atoms with Crippen LogP contribution in [0.2, 0.25) is 0 Å². The van der Waals surface area contributed by atoms with Gasteiger partial charge in [-0.2, -0.15) is 13.2 Å². The van der Waals surface area contributed by atoms with Gasteiger partial charge in [-0.05, 0) is 62.2 Å². The number of carbonyl (C=O) groups is 3. The number of carbonyl (C=O) groups excluding carboxylic acids is 2. The summed E-state index contributed by atoms with van der Waals surface area (Å²) in [6.45, 7) is 1.90. The third-order valence-electron chi connectivity index (χ3n) is 7.22. The van der Waals surface area contributed by atoms with Crippen LogP contribution in [0.3, 0.4) is 0 Å². The Balaban J connectivity index is 0.00000118. The van der Waals surface area contributed by atoms with Gasteiger partial charge >= 0.3 is 12.2 Å². The van der Waals surface area contributed by atoms with Crippen molar-refractivity contribution in [1.29, 1.82) is 0 Å². The molecule has 1 saturated carbocycles. The molecule has 2 N–H and O–H groups in total. The monoisotopic (exact) mass is 557 g/mol. The second kappa shape index (κ2) is 11.8. The molecule has 9 nitrogen and oxygen atoms in total. The molecule has 5 rings (SSSR count). The van der Waals surface area contributed by atoms with Gasteiger partial charge in [-0.25, -0.2) is 9.78 Å². The first-order valence-corrected chi connectivity index (χ1v) is 12.8. The van der Waals surface area contributed by atoms with E-state index < -0.39 is 23.2 Å². The van der Waals surface area contributed by atoms with E-state index in [4.69, 9.17) is 9.90 Å². The normalized spacial score (nSPS) is 16.4. The molecule has 212 valence electrons. The van der Waals surface area contributed by atoms with Gasteiger partial charge in [0.25, 0.3) is 6.47 Å². The van der Waals surface area contributed by atoms with Crippen LogP contribution in [-0.2, 0) is 15.8 Å². The van der Waals surface area contributed by atoms with E-state index in [2.05, 4.69) is 10.3 Å². The van der Waals surface area contributed by atoms with Gasteiger partial charge in [0, 0.05) is 23.3 Å². The lowest BCUT2D eigenvalue weighted by Gasteiger charge is -2.39. The summed E-state index contributed by atoms with van der Waals surface area (Å²) in [7, 11) is 0. The van der Waals surface area contributed by atoms with Crippen molar-refractivity contribution in [2.45, 2.75) is 50.7 Å². The molecule has 3 amide bonds. The molecular weight excluding hydrogens is 527 g/mol. The van der Waals surface area contributed by atoms with E-state index >= 15 is 0 Å². The minimum atomic E-state index is -4.51. The third kappa shape index (κ3) is 6.27. The van der Waals surface area contributed by atoms with Crippen molar-refractivity contribution in [2.75, 3.05) is 23.3 Å². The fourth-order valence-corrected chi connectivity index (χ4v) is 5.36. The predicted octanol–water partition coefficient (Wildman–Crippen LogP) is 5.48. The van der Waals surface area contributed by atoms with Crippen LogP contribution in [0.25, 0.3) is 5.69 Å². The number of imidazole rings is 1. The van der Waals surface area contributed by atoms with Crippen LogP contribution >= 0.6 is 0 Å². The summed E-state index contributed by atoms with van der Waals surface area (Å²) in [6.07, 6.45) is 3.66. The van der Waals surface area contributed by atoms with E-state index in [-0.39, 0.29) is 24.7 Å². The first-order valence-electron chi connectivity index (χ1n) is 12.8. The van der Waals surface area contributed by atoms with Gasteiger partial charge in [0.1, 0.15) is 6.54 Å². The highest BCUT2D eigenvalue weighted by molar-refractivity contribution is 6.00. The summed E-state index contributed by atoms with van der Waals surface area (Å²) < 4.78 is 41.1. The van der Waals surface area contributed by atoms with E-state index in [9.17, 15) is 22.8 Å². The van der Waals surface area contributed by atoms with Gasteiger partial charge in [-0.1, -0.05) is 25.3 Å². The lowest BCUT2D eigenvalue weighted by Crippen LogP contribution is -2.51. The topological polar surface area (TPSA) is 108 Å². The Bertz CT molecular complexity index is 1350. The number of nitrogens with one attached hydrogen (secondary N) is 1. The average molecular weight is 558 g/mol. The Morgan fingerprint density at radius 2 is 1.75 bits per heavy atom. The first-order chi connectivity index (χ1) is 19.1. The summed E-state index contributed by atoms with van der Waals surface area (Å²) >= 11 is 0. The first kappa shape index (κ1) is 28.7. The van der Waals surface area contributed by atoms with Crippen LogP contribution in [0, 0.1) is 6.92 Å². The van der Waals surface area contributed by atoms with Crippen molar-refractivity contribution >= 4 is 29.8 Å². The number of amides is 3. The number of aryl methyl sites for hydroxylation is 1. The van der Waals surface area contributed by atoms with E-state index in [0.29, 0.717) is 6.54 Å². The molecule has 12 heteroatoms. The predicted molar refractivity (Wildman–Crippen MR) is 142 cm³/mol. The number of carboxylic acid groups (broad SMARTS) is 1. The maximum absolute atomic E-state index is 13.6. The number of hydrogen-bond acceptors (Lipinski definition) is 4. The quantitative estimate of drug-likeness (QED) is 0.404. The number of anilines is 2. The van der Waals surface area contributed by atoms with Gasteiger partial charge in [0.05, 0.1) is 29.7 Å². The SMILES string of the molecule is Cc1cn(-c2ccc(N3CC4(CCCCC4)N(CC(=O)Nc4cccc(C(F)(F)F)c4)C3=O)cc2)cn1.O=CO. The lowest BCUT2D eigenvalue weighted by atomic mass is 9.81. The second-order valence-corrected chi connectivity index (χ2v) is 9.91. The Labute approximate surface area is 229 Å². The fraction of sp³-hybridized carbons (Fsp3) is 0.357. The van der Waals surface area contributed by atoms with Crippen LogP contribution < -0.4 is 10.2 Å². The number of alkyl halides is 3. The van der Waals surface area contributed by atoms with Gasteiger partial charge in [-0.3, -0.25) is 14.5 Å². The van der Waals surface area contributed by atoms with E-state index in [1.807, 2.05) is 42.0 Å². The molecule has 1 aliphatic heterocycles. The molecule has 0 radical (unpaired) electrons. The van der Waals surface area contributed by atoms with E-state index in [1.165, 1.54) is 12.1 Å².